The third-order valence-corrected chi connectivity index (χ3v) is 2.01. The molecular formula is C11H9N3. The summed E-state index contributed by atoms with van der Waals surface area (Å²) in [4.78, 5) is 7.29. The molecule has 2 rings (SSSR count). The van der Waals surface area contributed by atoms with Crippen molar-refractivity contribution in [3.63, 3.8) is 0 Å². The number of nitrogens with one attached hydrogen (secondary N) is 1. The second-order valence-electron chi connectivity index (χ2n) is 3.07. The fraction of sp³-hybridized carbons (Fsp3) is 0.0909. The summed E-state index contributed by atoms with van der Waals surface area (Å²) in [5.41, 5.74) is 2.48. The Balaban J connectivity index is 2.57. The quantitative estimate of drug-likeness (QED) is 0.737. The van der Waals surface area contributed by atoms with Gasteiger partial charge >= 0.3 is 0 Å². The first-order valence-corrected chi connectivity index (χ1v) is 4.32. The average molecular weight is 183 g/mol. The first-order valence-electron chi connectivity index (χ1n) is 4.32. The Hall–Kier alpha value is -2.08. The summed E-state index contributed by atoms with van der Waals surface area (Å²) < 4.78 is 0. The normalized spacial score (nSPS) is 9.71. The van der Waals surface area contributed by atoms with E-state index in [4.69, 9.17) is 5.26 Å². The summed E-state index contributed by atoms with van der Waals surface area (Å²) in [5, 5.41) is 8.89. The van der Waals surface area contributed by atoms with Gasteiger partial charge in [0, 0.05) is 17.5 Å². The summed E-state index contributed by atoms with van der Waals surface area (Å²) in [6.07, 6.45) is 1.75. The van der Waals surface area contributed by atoms with Crippen LogP contribution in [0.25, 0.3) is 11.4 Å². The van der Waals surface area contributed by atoms with Gasteiger partial charge in [0.1, 0.15) is 5.82 Å². The van der Waals surface area contributed by atoms with E-state index in [-0.39, 0.29) is 0 Å². The summed E-state index contributed by atoms with van der Waals surface area (Å²) in [6, 6.07) is 9.56. The van der Waals surface area contributed by atoms with E-state index in [0.717, 1.165) is 17.1 Å². The van der Waals surface area contributed by atoms with Gasteiger partial charge in [0.05, 0.1) is 11.6 Å². The lowest BCUT2D eigenvalue weighted by Crippen LogP contribution is -1.85. The Morgan fingerprint density at radius 3 is 2.79 bits per heavy atom. The van der Waals surface area contributed by atoms with E-state index in [1.165, 1.54) is 0 Å². The topological polar surface area (TPSA) is 52.5 Å². The van der Waals surface area contributed by atoms with Crippen molar-refractivity contribution >= 4 is 0 Å². The van der Waals surface area contributed by atoms with Crippen molar-refractivity contribution in [3.8, 4) is 17.5 Å². The van der Waals surface area contributed by atoms with Crippen molar-refractivity contribution in [1.82, 2.24) is 9.97 Å². The fourth-order valence-electron chi connectivity index (χ4n) is 1.34. The summed E-state index contributed by atoms with van der Waals surface area (Å²) >= 11 is 0. The van der Waals surface area contributed by atoms with Crippen LogP contribution in [-0.2, 0) is 0 Å². The van der Waals surface area contributed by atoms with Gasteiger partial charge in [-0.1, -0.05) is 12.1 Å². The van der Waals surface area contributed by atoms with Crippen LogP contribution in [-0.4, -0.2) is 9.97 Å². The zero-order valence-corrected chi connectivity index (χ0v) is 7.78. The van der Waals surface area contributed by atoms with E-state index in [2.05, 4.69) is 16.0 Å². The number of benzene rings is 1. The molecule has 0 saturated carbocycles. The molecular weight excluding hydrogens is 174 g/mol. The Bertz CT molecular complexity index is 491. The molecule has 1 aromatic heterocycles. The average Bonchev–Trinajstić information content (AvgIpc) is 2.65. The van der Waals surface area contributed by atoms with Gasteiger partial charge in [-0.05, 0) is 19.1 Å². The first-order chi connectivity index (χ1) is 6.81. The maximum Gasteiger partial charge on any atom is 0.138 e. The standard InChI is InChI=1S/C11H9N3/c1-8-7-13-11(14-8)10-5-3-2-4-9(10)6-12/h2-5,7H,1H3,(H,13,14). The lowest BCUT2D eigenvalue weighted by molar-refractivity contribution is 1.25. The van der Waals surface area contributed by atoms with E-state index < -0.39 is 0 Å². The number of hydrogen-bond acceptors (Lipinski definition) is 2. The zero-order valence-electron chi connectivity index (χ0n) is 7.78. The number of nitriles is 1. The maximum absolute atomic E-state index is 8.89. The van der Waals surface area contributed by atoms with Gasteiger partial charge in [0.15, 0.2) is 0 Å². The highest BCUT2D eigenvalue weighted by atomic mass is 14.9. The van der Waals surface area contributed by atoms with Crippen LogP contribution in [0.3, 0.4) is 0 Å². The molecule has 0 fully saturated rings. The molecule has 0 unspecified atom stereocenters. The van der Waals surface area contributed by atoms with Crippen molar-refractivity contribution in [2.45, 2.75) is 6.92 Å². The lowest BCUT2D eigenvalue weighted by atomic mass is 10.1. The minimum Gasteiger partial charge on any atom is -0.342 e. The summed E-state index contributed by atoms with van der Waals surface area (Å²) in [6.45, 7) is 1.94. The molecule has 14 heavy (non-hydrogen) atoms. The van der Waals surface area contributed by atoms with Gasteiger partial charge in [0.25, 0.3) is 0 Å². The highest BCUT2D eigenvalue weighted by molar-refractivity contribution is 5.64. The SMILES string of the molecule is Cc1cnc(-c2ccccc2C#N)[nH]1. The molecule has 1 N–H and O–H groups in total. The molecule has 0 aliphatic carbocycles. The van der Waals surface area contributed by atoms with Gasteiger partial charge in [-0.15, -0.1) is 0 Å². The Kier molecular flexibility index (Phi) is 2.04. The molecule has 2 aromatic rings. The van der Waals surface area contributed by atoms with Crippen LogP contribution in [0.1, 0.15) is 11.3 Å². The largest absolute Gasteiger partial charge is 0.342 e. The number of nitrogens with zero attached hydrogens (tertiary/aromatic N) is 2. The van der Waals surface area contributed by atoms with Gasteiger partial charge < -0.3 is 4.98 Å². The molecule has 1 heterocycles. The van der Waals surface area contributed by atoms with Gasteiger partial charge in [-0.3, -0.25) is 0 Å². The van der Waals surface area contributed by atoms with E-state index in [1.807, 2.05) is 25.1 Å². The minimum absolute atomic E-state index is 0.641. The lowest BCUT2D eigenvalue weighted by Gasteiger charge is -1.98. The molecule has 0 spiro atoms. The second-order valence-corrected chi connectivity index (χ2v) is 3.07. The van der Waals surface area contributed by atoms with Crippen molar-refractivity contribution in [3.05, 3.63) is 41.7 Å². The highest BCUT2D eigenvalue weighted by Gasteiger charge is 2.05. The summed E-state index contributed by atoms with van der Waals surface area (Å²) in [7, 11) is 0. The van der Waals surface area contributed by atoms with Gasteiger partial charge in [-0.25, -0.2) is 4.98 Å². The van der Waals surface area contributed by atoms with Crippen LogP contribution in [0.2, 0.25) is 0 Å². The smallest absolute Gasteiger partial charge is 0.138 e. The molecule has 0 bridgehead atoms. The Labute approximate surface area is 82.0 Å². The van der Waals surface area contributed by atoms with Crippen molar-refractivity contribution in [2.75, 3.05) is 0 Å². The number of aromatic nitrogens is 2. The third kappa shape index (κ3) is 1.38. The monoisotopic (exact) mass is 183 g/mol. The molecule has 3 heteroatoms. The van der Waals surface area contributed by atoms with Crippen molar-refractivity contribution < 1.29 is 0 Å². The van der Waals surface area contributed by atoms with Gasteiger partial charge in [-0.2, -0.15) is 5.26 Å². The zero-order chi connectivity index (χ0) is 9.97. The molecule has 0 atom stereocenters. The molecule has 0 amide bonds. The van der Waals surface area contributed by atoms with Crippen LogP contribution in [0.5, 0.6) is 0 Å². The first kappa shape index (κ1) is 8.52. The summed E-state index contributed by atoms with van der Waals surface area (Å²) in [5.74, 6) is 0.750. The highest BCUT2D eigenvalue weighted by Crippen LogP contribution is 2.19. The molecule has 1 aromatic carbocycles. The minimum atomic E-state index is 0.641. The van der Waals surface area contributed by atoms with Crippen LogP contribution in [0.4, 0.5) is 0 Å². The predicted octanol–water partition coefficient (Wildman–Crippen LogP) is 2.26. The van der Waals surface area contributed by atoms with Crippen LogP contribution < -0.4 is 0 Å². The number of rotatable bonds is 1. The number of hydrogen-bond donors (Lipinski definition) is 1. The van der Waals surface area contributed by atoms with Crippen molar-refractivity contribution in [1.29, 1.82) is 5.26 Å². The second kappa shape index (κ2) is 3.35. The van der Waals surface area contributed by atoms with Crippen molar-refractivity contribution in [2.24, 2.45) is 0 Å². The Morgan fingerprint density at radius 2 is 2.14 bits per heavy atom. The van der Waals surface area contributed by atoms with E-state index in [1.54, 1.807) is 12.3 Å². The molecule has 3 nitrogen and oxygen atoms in total. The van der Waals surface area contributed by atoms with E-state index >= 15 is 0 Å². The number of H-pyrrole nitrogens is 1. The number of aromatic amines is 1. The van der Waals surface area contributed by atoms with E-state index in [9.17, 15) is 0 Å². The van der Waals surface area contributed by atoms with Crippen LogP contribution in [0.15, 0.2) is 30.5 Å². The number of aryl methyl sites for hydroxylation is 1. The molecule has 68 valence electrons. The molecule has 0 saturated heterocycles. The van der Waals surface area contributed by atoms with E-state index in [0.29, 0.717) is 5.56 Å². The maximum atomic E-state index is 8.89. The third-order valence-electron chi connectivity index (χ3n) is 2.01. The van der Waals surface area contributed by atoms with Crippen LogP contribution in [0, 0.1) is 18.3 Å². The Morgan fingerprint density at radius 1 is 1.36 bits per heavy atom. The number of imidazole rings is 1. The molecule has 0 aliphatic rings. The predicted molar refractivity (Wildman–Crippen MR) is 53.5 cm³/mol. The molecule has 0 radical (unpaired) electrons. The van der Waals surface area contributed by atoms with Gasteiger partial charge in [0.2, 0.25) is 0 Å². The molecule has 0 aliphatic heterocycles. The van der Waals surface area contributed by atoms with Crippen LogP contribution >= 0.6 is 0 Å². The fourth-order valence-corrected chi connectivity index (χ4v) is 1.34.